The van der Waals surface area contributed by atoms with E-state index in [1.165, 1.54) is 18.3 Å². The van der Waals surface area contributed by atoms with Gasteiger partial charge in [0, 0.05) is 12.4 Å². The van der Waals surface area contributed by atoms with Crippen molar-refractivity contribution in [1.82, 2.24) is 9.97 Å². The molecule has 2 aromatic heterocycles. The van der Waals surface area contributed by atoms with Crippen LogP contribution >= 0.6 is 0 Å². The van der Waals surface area contributed by atoms with Crippen molar-refractivity contribution in [3.63, 3.8) is 0 Å². The normalized spacial score (nSPS) is 11.2. The number of amides is 1. The molecule has 2 rings (SSSR count). The summed E-state index contributed by atoms with van der Waals surface area (Å²) in [6.07, 6.45) is -2.76. The topological polar surface area (TPSA) is 54.9 Å². The molecule has 0 bridgehead atoms. The van der Waals surface area contributed by atoms with Crippen LogP contribution in [0.5, 0.6) is 0 Å². The molecule has 1 N–H and O–H groups in total. The van der Waals surface area contributed by atoms with Crippen LogP contribution in [0.2, 0.25) is 0 Å². The number of aromatic nitrogens is 2. The highest BCUT2D eigenvalue weighted by Gasteiger charge is 2.30. The summed E-state index contributed by atoms with van der Waals surface area (Å²) in [5, 5.41) is 2.18. The van der Waals surface area contributed by atoms with Gasteiger partial charge in [0.05, 0.1) is 11.1 Å². The van der Waals surface area contributed by atoms with Crippen LogP contribution in [0.3, 0.4) is 0 Å². The average molecular weight is 285 g/mol. The molecule has 0 saturated carbocycles. The van der Waals surface area contributed by atoms with E-state index in [0.29, 0.717) is 6.20 Å². The van der Waals surface area contributed by atoms with Gasteiger partial charge in [0.15, 0.2) is 0 Å². The van der Waals surface area contributed by atoms with Crippen molar-refractivity contribution in [2.24, 2.45) is 0 Å². The number of halogens is 4. The first-order valence-electron chi connectivity index (χ1n) is 5.33. The van der Waals surface area contributed by atoms with Gasteiger partial charge in [-0.3, -0.25) is 4.79 Å². The van der Waals surface area contributed by atoms with E-state index in [-0.39, 0.29) is 11.4 Å². The first-order chi connectivity index (χ1) is 9.38. The third-order valence-corrected chi connectivity index (χ3v) is 2.34. The summed E-state index contributed by atoms with van der Waals surface area (Å²) in [5.74, 6) is -1.94. The molecule has 104 valence electrons. The fourth-order valence-corrected chi connectivity index (χ4v) is 1.37. The van der Waals surface area contributed by atoms with Crippen molar-refractivity contribution in [2.45, 2.75) is 6.18 Å². The highest BCUT2D eigenvalue weighted by molar-refractivity contribution is 6.03. The van der Waals surface area contributed by atoms with E-state index in [4.69, 9.17) is 0 Å². The van der Waals surface area contributed by atoms with E-state index in [1.807, 2.05) is 0 Å². The minimum atomic E-state index is -4.51. The monoisotopic (exact) mass is 285 g/mol. The lowest BCUT2D eigenvalue weighted by Crippen LogP contribution is -2.15. The molecule has 0 aliphatic heterocycles. The van der Waals surface area contributed by atoms with Crippen LogP contribution in [0.4, 0.5) is 23.4 Å². The van der Waals surface area contributed by atoms with Crippen LogP contribution in [-0.4, -0.2) is 15.9 Å². The third-order valence-electron chi connectivity index (χ3n) is 2.34. The number of carbonyl (C=O) groups is 1. The second-order valence-corrected chi connectivity index (χ2v) is 3.73. The lowest BCUT2D eigenvalue weighted by atomic mass is 10.2. The molecule has 0 aliphatic rings. The highest BCUT2D eigenvalue weighted by atomic mass is 19.4. The summed E-state index contributed by atoms with van der Waals surface area (Å²) >= 11 is 0. The number of rotatable bonds is 2. The maximum Gasteiger partial charge on any atom is 0.417 e. The summed E-state index contributed by atoms with van der Waals surface area (Å²) in [7, 11) is 0. The molecular weight excluding hydrogens is 278 g/mol. The van der Waals surface area contributed by atoms with Crippen molar-refractivity contribution < 1.29 is 22.4 Å². The molecule has 0 fully saturated rings. The minimum Gasteiger partial charge on any atom is -0.306 e. The molecule has 8 heteroatoms. The zero-order valence-corrected chi connectivity index (χ0v) is 9.78. The molecule has 20 heavy (non-hydrogen) atoms. The molecule has 0 unspecified atom stereocenters. The Labute approximate surface area is 110 Å². The summed E-state index contributed by atoms with van der Waals surface area (Å²) in [6.45, 7) is 0. The van der Waals surface area contributed by atoms with E-state index in [9.17, 15) is 22.4 Å². The fourth-order valence-electron chi connectivity index (χ4n) is 1.37. The number of alkyl halides is 3. The average Bonchev–Trinajstić information content (AvgIpc) is 2.38. The van der Waals surface area contributed by atoms with Crippen LogP contribution in [0.1, 0.15) is 15.9 Å². The van der Waals surface area contributed by atoms with Gasteiger partial charge in [-0.25, -0.2) is 9.97 Å². The lowest BCUT2D eigenvalue weighted by molar-refractivity contribution is -0.137. The van der Waals surface area contributed by atoms with Gasteiger partial charge in [-0.05, 0) is 24.3 Å². The van der Waals surface area contributed by atoms with Crippen molar-refractivity contribution in [1.29, 1.82) is 0 Å². The first kappa shape index (κ1) is 13.9. The van der Waals surface area contributed by atoms with E-state index in [2.05, 4.69) is 15.3 Å². The van der Waals surface area contributed by atoms with Crippen LogP contribution in [0.15, 0.2) is 36.7 Å². The Morgan fingerprint density at radius 1 is 1.15 bits per heavy atom. The second kappa shape index (κ2) is 5.24. The molecule has 2 heterocycles. The van der Waals surface area contributed by atoms with Gasteiger partial charge in [-0.15, -0.1) is 0 Å². The molecular formula is C12H7F4N3O. The fraction of sp³-hybridized carbons (Fsp3) is 0.0833. The predicted molar refractivity (Wildman–Crippen MR) is 61.4 cm³/mol. The summed E-state index contributed by atoms with van der Waals surface area (Å²) in [4.78, 5) is 18.4. The van der Waals surface area contributed by atoms with E-state index in [0.717, 1.165) is 12.1 Å². The van der Waals surface area contributed by atoms with E-state index in [1.54, 1.807) is 0 Å². The third kappa shape index (κ3) is 3.08. The van der Waals surface area contributed by atoms with Crippen LogP contribution in [0, 0.1) is 5.95 Å². The Morgan fingerprint density at radius 3 is 2.45 bits per heavy atom. The maximum absolute atomic E-state index is 13.2. The predicted octanol–water partition coefficient (Wildman–Crippen LogP) is 2.89. The van der Waals surface area contributed by atoms with Gasteiger partial charge in [0.25, 0.3) is 5.91 Å². The molecule has 0 aromatic carbocycles. The van der Waals surface area contributed by atoms with Gasteiger partial charge in [0.2, 0.25) is 5.95 Å². The van der Waals surface area contributed by atoms with Crippen LogP contribution < -0.4 is 5.32 Å². The minimum absolute atomic E-state index is 0.119. The van der Waals surface area contributed by atoms with Gasteiger partial charge >= 0.3 is 6.18 Å². The summed E-state index contributed by atoms with van der Waals surface area (Å²) in [5.41, 5.74) is -1.27. The van der Waals surface area contributed by atoms with Crippen molar-refractivity contribution >= 4 is 11.7 Å². The molecule has 2 aromatic rings. The number of pyridine rings is 2. The quantitative estimate of drug-likeness (QED) is 0.682. The zero-order chi connectivity index (χ0) is 14.8. The molecule has 1 amide bonds. The number of hydrogen-bond acceptors (Lipinski definition) is 3. The summed E-state index contributed by atoms with van der Waals surface area (Å²) in [6, 6.07) is 4.30. The highest BCUT2D eigenvalue weighted by Crippen LogP contribution is 2.28. The number of nitrogens with one attached hydrogen (secondary N) is 1. The van der Waals surface area contributed by atoms with Crippen molar-refractivity contribution in [3.05, 3.63) is 53.7 Å². The van der Waals surface area contributed by atoms with Crippen LogP contribution in [0.25, 0.3) is 0 Å². The van der Waals surface area contributed by atoms with Gasteiger partial charge < -0.3 is 5.32 Å². The van der Waals surface area contributed by atoms with Gasteiger partial charge in [-0.2, -0.15) is 17.6 Å². The van der Waals surface area contributed by atoms with Gasteiger partial charge in [-0.1, -0.05) is 0 Å². The molecule has 4 nitrogen and oxygen atoms in total. The van der Waals surface area contributed by atoms with E-state index < -0.39 is 23.6 Å². The van der Waals surface area contributed by atoms with Crippen LogP contribution in [-0.2, 0) is 6.18 Å². The zero-order valence-electron chi connectivity index (χ0n) is 9.78. The van der Waals surface area contributed by atoms with E-state index >= 15 is 0 Å². The number of hydrogen-bond donors (Lipinski definition) is 1. The number of nitrogens with zero attached hydrogens (tertiary/aromatic N) is 2. The Hall–Kier alpha value is -2.51. The molecule has 0 spiro atoms. The number of carbonyl (C=O) groups excluding carboxylic acids is 1. The first-order valence-corrected chi connectivity index (χ1v) is 5.33. The largest absolute Gasteiger partial charge is 0.417 e. The van der Waals surface area contributed by atoms with Crippen molar-refractivity contribution in [3.8, 4) is 0 Å². The molecule has 0 atom stereocenters. The molecule has 0 saturated heterocycles. The SMILES string of the molecule is O=C(Nc1ccc(C(F)(F)F)cn1)c1cccnc1F. The van der Waals surface area contributed by atoms with Gasteiger partial charge in [0.1, 0.15) is 5.82 Å². The standard InChI is InChI=1S/C12H7F4N3O/c13-10-8(2-1-5-17-10)11(20)19-9-4-3-7(6-18-9)12(14,15)16/h1-6H,(H,18,19,20). The second-order valence-electron chi connectivity index (χ2n) is 3.73. The maximum atomic E-state index is 13.2. The van der Waals surface area contributed by atoms with Crippen molar-refractivity contribution in [2.75, 3.05) is 5.32 Å². The Bertz CT molecular complexity index is 625. The Balaban J connectivity index is 2.15. The molecule has 0 aliphatic carbocycles. The Kier molecular flexibility index (Phi) is 3.64. The molecule has 0 radical (unpaired) electrons. The lowest BCUT2D eigenvalue weighted by Gasteiger charge is -2.08. The summed E-state index contributed by atoms with van der Waals surface area (Å²) < 4.78 is 50.2. The number of anilines is 1. The smallest absolute Gasteiger partial charge is 0.306 e. The Morgan fingerprint density at radius 2 is 1.90 bits per heavy atom.